The summed E-state index contributed by atoms with van der Waals surface area (Å²) < 4.78 is 0.732. The predicted octanol–water partition coefficient (Wildman–Crippen LogP) is 3.87. The van der Waals surface area contributed by atoms with Gasteiger partial charge in [0.15, 0.2) is 0 Å². The van der Waals surface area contributed by atoms with Gasteiger partial charge in [-0.1, -0.05) is 23.7 Å². The zero-order valence-electron chi connectivity index (χ0n) is 11.1. The molecule has 0 unspecified atom stereocenters. The molecule has 0 spiro atoms. The van der Waals surface area contributed by atoms with Crippen LogP contribution in [0, 0.1) is 0 Å². The first-order valence-corrected chi connectivity index (χ1v) is 8.07. The molecule has 0 aliphatic rings. The molecular weight excluding hydrogens is 376 g/mol. The molecule has 1 aromatic heterocycles. The van der Waals surface area contributed by atoms with Crippen molar-refractivity contribution in [3.05, 3.63) is 50.1 Å². The number of benzene rings is 1. The van der Waals surface area contributed by atoms with Gasteiger partial charge in [-0.05, 0) is 39.5 Å². The van der Waals surface area contributed by atoms with Gasteiger partial charge in [-0.25, -0.2) is 0 Å². The third-order valence-corrected chi connectivity index (χ3v) is 4.84. The zero-order valence-corrected chi connectivity index (χ0v) is 14.3. The Morgan fingerprint density at radius 1 is 1.33 bits per heavy atom. The summed E-state index contributed by atoms with van der Waals surface area (Å²) in [6.45, 7) is -0.0472. The number of likely N-dealkylation sites (N-methyl/N-ethyl adjacent to an activating group) is 1. The van der Waals surface area contributed by atoms with Gasteiger partial charge in [0.1, 0.15) is 4.88 Å². The molecule has 2 rings (SSSR count). The van der Waals surface area contributed by atoms with Gasteiger partial charge in [0, 0.05) is 11.5 Å². The molecular formula is C14H12BrClN2O2S. The Balaban J connectivity index is 1.98. The minimum absolute atomic E-state index is 0.0472. The van der Waals surface area contributed by atoms with Crippen LogP contribution < -0.4 is 5.32 Å². The maximum Gasteiger partial charge on any atom is 0.265 e. The van der Waals surface area contributed by atoms with Gasteiger partial charge < -0.3 is 10.2 Å². The zero-order chi connectivity index (χ0) is 15.4. The number of hydrogen-bond donors (Lipinski definition) is 1. The maximum absolute atomic E-state index is 12.2. The molecule has 0 saturated heterocycles. The number of para-hydroxylation sites is 1. The number of carbonyl (C=O) groups excluding carboxylic acids is 2. The minimum Gasteiger partial charge on any atom is -0.332 e. The lowest BCUT2D eigenvalue weighted by Crippen LogP contribution is -2.34. The van der Waals surface area contributed by atoms with E-state index in [2.05, 4.69) is 21.2 Å². The molecule has 0 aliphatic carbocycles. The minimum atomic E-state index is -0.299. The van der Waals surface area contributed by atoms with Crippen molar-refractivity contribution in [3.8, 4) is 0 Å². The Morgan fingerprint density at radius 3 is 2.67 bits per heavy atom. The quantitative estimate of drug-likeness (QED) is 0.865. The van der Waals surface area contributed by atoms with Gasteiger partial charge in [0.2, 0.25) is 5.91 Å². The first-order chi connectivity index (χ1) is 9.99. The fourth-order valence-electron chi connectivity index (χ4n) is 1.66. The summed E-state index contributed by atoms with van der Waals surface area (Å²) in [5.41, 5.74) is 0.530. The standard InChI is InChI=1S/C14H12BrClN2O2S/c1-18(14(20)13-9(15)6-7-21-13)8-12(19)17-11-5-3-2-4-10(11)16/h2-7H,8H2,1H3,(H,17,19). The van der Waals surface area contributed by atoms with Crippen LogP contribution in [0.15, 0.2) is 40.2 Å². The van der Waals surface area contributed by atoms with Crippen molar-refractivity contribution in [1.29, 1.82) is 0 Å². The molecule has 0 radical (unpaired) electrons. The lowest BCUT2D eigenvalue weighted by atomic mass is 10.3. The summed E-state index contributed by atoms with van der Waals surface area (Å²) in [5, 5.41) is 4.96. The van der Waals surface area contributed by atoms with E-state index in [-0.39, 0.29) is 18.4 Å². The molecule has 7 heteroatoms. The first-order valence-electron chi connectivity index (χ1n) is 6.02. The van der Waals surface area contributed by atoms with Gasteiger partial charge in [-0.3, -0.25) is 9.59 Å². The number of nitrogens with zero attached hydrogens (tertiary/aromatic N) is 1. The average molecular weight is 388 g/mol. The summed E-state index contributed by atoms with van der Waals surface area (Å²) in [4.78, 5) is 26.1. The van der Waals surface area contributed by atoms with Crippen molar-refractivity contribution in [2.45, 2.75) is 0 Å². The monoisotopic (exact) mass is 386 g/mol. The van der Waals surface area contributed by atoms with Crippen LogP contribution in [0.2, 0.25) is 5.02 Å². The summed E-state index contributed by atoms with van der Waals surface area (Å²) in [5.74, 6) is -0.502. The Labute approximate surface area is 139 Å². The van der Waals surface area contributed by atoms with Crippen molar-refractivity contribution in [2.75, 3.05) is 18.9 Å². The van der Waals surface area contributed by atoms with E-state index in [0.29, 0.717) is 15.6 Å². The van der Waals surface area contributed by atoms with Crippen molar-refractivity contribution in [1.82, 2.24) is 4.90 Å². The highest BCUT2D eigenvalue weighted by atomic mass is 79.9. The van der Waals surface area contributed by atoms with Gasteiger partial charge >= 0.3 is 0 Å². The van der Waals surface area contributed by atoms with E-state index in [9.17, 15) is 9.59 Å². The second-order valence-electron chi connectivity index (χ2n) is 4.29. The molecule has 0 saturated carbocycles. The molecule has 1 N–H and O–H groups in total. The molecule has 110 valence electrons. The van der Waals surface area contributed by atoms with Crippen molar-refractivity contribution >= 4 is 56.4 Å². The van der Waals surface area contributed by atoms with Crippen LogP contribution in [-0.2, 0) is 4.79 Å². The van der Waals surface area contributed by atoms with E-state index < -0.39 is 0 Å². The summed E-state index contributed by atoms with van der Waals surface area (Å²) in [6, 6.07) is 8.75. The number of hydrogen-bond acceptors (Lipinski definition) is 3. The molecule has 0 aliphatic heterocycles. The first kappa shape index (κ1) is 16.0. The third-order valence-electron chi connectivity index (χ3n) is 2.69. The second-order valence-corrected chi connectivity index (χ2v) is 6.46. The molecule has 0 fully saturated rings. The highest BCUT2D eigenvalue weighted by Gasteiger charge is 2.18. The molecule has 2 amide bonds. The fraction of sp³-hybridized carbons (Fsp3) is 0.143. The van der Waals surface area contributed by atoms with E-state index >= 15 is 0 Å². The Bertz CT molecular complexity index is 674. The van der Waals surface area contributed by atoms with Crippen molar-refractivity contribution in [3.63, 3.8) is 0 Å². The number of amides is 2. The highest BCUT2D eigenvalue weighted by Crippen LogP contribution is 2.24. The number of nitrogens with one attached hydrogen (secondary N) is 1. The van der Waals surface area contributed by atoms with E-state index in [1.54, 1.807) is 37.4 Å². The number of thiophene rings is 1. The van der Waals surface area contributed by atoms with E-state index in [0.717, 1.165) is 4.47 Å². The SMILES string of the molecule is CN(CC(=O)Nc1ccccc1Cl)C(=O)c1sccc1Br. The normalized spacial score (nSPS) is 10.2. The van der Waals surface area contributed by atoms with Crippen LogP contribution in [0.4, 0.5) is 5.69 Å². The molecule has 1 aromatic carbocycles. The predicted molar refractivity (Wildman–Crippen MR) is 89.1 cm³/mol. The van der Waals surface area contributed by atoms with Gasteiger partial charge in [-0.2, -0.15) is 0 Å². The van der Waals surface area contributed by atoms with Crippen LogP contribution in [0.3, 0.4) is 0 Å². The number of carbonyl (C=O) groups is 2. The summed E-state index contributed by atoms with van der Waals surface area (Å²) in [7, 11) is 1.58. The van der Waals surface area contributed by atoms with Crippen LogP contribution >= 0.6 is 38.9 Å². The van der Waals surface area contributed by atoms with E-state index in [4.69, 9.17) is 11.6 Å². The van der Waals surface area contributed by atoms with Crippen molar-refractivity contribution < 1.29 is 9.59 Å². The lowest BCUT2D eigenvalue weighted by Gasteiger charge is -2.16. The topological polar surface area (TPSA) is 49.4 Å². The Morgan fingerprint density at radius 2 is 2.05 bits per heavy atom. The Kier molecular flexibility index (Phi) is 5.39. The van der Waals surface area contributed by atoms with E-state index in [1.807, 2.05) is 5.38 Å². The molecule has 4 nitrogen and oxygen atoms in total. The lowest BCUT2D eigenvalue weighted by molar-refractivity contribution is -0.116. The molecule has 1 heterocycles. The number of anilines is 1. The van der Waals surface area contributed by atoms with Crippen LogP contribution in [-0.4, -0.2) is 30.3 Å². The van der Waals surface area contributed by atoms with Crippen LogP contribution in [0.25, 0.3) is 0 Å². The summed E-state index contributed by atoms with van der Waals surface area (Å²) >= 11 is 10.6. The summed E-state index contributed by atoms with van der Waals surface area (Å²) in [6.07, 6.45) is 0. The average Bonchev–Trinajstić information content (AvgIpc) is 2.86. The number of rotatable bonds is 4. The molecule has 2 aromatic rings. The third kappa shape index (κ3) is 4.06. The second kappa shape index (κ2) is 7.06. The highest BCUT2D eigenvalue weighted by molar-refractivity contribution is 9.10. The van der Waals surface area contributed by atoms with Crippen LogP contribution in [0.1, 0.15) is 9.67 Å². The largest absolute Gasteiger partial charge is 0.332 e. The van der Waals surface area contributed by atoms with Gasteiger partial charge in [0.25, 0.3) is 5.91 Å². The Hall–Kier alpha value is -1.37. The van der Waals surface area contributed by atoms with E-state index in [1.165, 1.54) is 16.2 Å². The van der Waals surface area contributed by atoms with Crippen LogP contribution in [0.5, 0.6) is 0 Å². The molecule has 0 bridgehead atoms. The molecule has 0 atom stereocenters. The number of halogens is 2. The van der Waals surface area contributed by atoms with Gasteiger partial charge in [-0.15, -0.1) is 11.3 Å². The van der Waals surface area contributed by atoms with Gasteiger partial charge in [0.05, 0.1) is 17.3 Å². The van der Waals surface area contributed by atoms with Crippen molar-refractivity contribution in [2.24, 2.45) is 0 Å². The fourth-order valence-corrected chi connectivity index (χ4v) is 3.38. The smallest absolute Gasteiger partial charge is 0.265 e. The molecule has 21 heavy (non-hydrogen) atoms. The maximum atomic E-state index is 12.2.